The van der Waals surface area contributed by atoms with Crippen molar-refractivity contribution in [1.29, 1.82) is 0 Å². The number of furan rings is 1. The molecule has 0 saturated heterocycles. The summed E-state index contributed by atoms with van der Waals surface area (Å²) in [5.74, 6) is 0.879. The molecular weight excluding hydrogens is 370 g/mol. The Balaban J connectivity index is 1.64. The van der Waals surface area contributed by atoms with E-state index in [9.17, 15) is 10.1 Å². The highest BCUT2D eigenvalue weighted by Crippen LogP contribution is 2.28. The number of hydrogen-bond donors (Lipinski definition) is 0. The fourth-order valence-electron chi connectivity index (χ4n) is 3.08. The van der Waals surface area contributed by atoms with Crippen LogP contribution in [0.4, 0.5) is 17.3 Å². The van der Waals surface area contributed by atoms with Gasteiger partial charge in [0.05, 0.1) is 29.0 Å². The molecular formula is C21H19N5O3. The van der Waals surface area contributed by atoms with Crippen LogP contribution in [0, 0.1) is 10.1 Å². The summed E-state index contributed by atoms with van der Waals surface area (Å²) in [7, 11) is 6.00. The second kappa shape index (κ2) is 7.23. The average Bonchev–Trinajstić information content (AvgIpc) is 3.31. The van der Waals surface area contributed by atoms with E-state index in [4.69, 9.17) is 9.40 Å². The maximum atomic E-state index is 10.7. The number of rotatable bonds is 5. The van der Waals surface area contributed by atoms with Gasteiger partial charge < -0.3 is 13.9 Å². The minimum Gasteiger partial charge on any atom is -0.400 e. The molecule has 0 saturated carbocycles. The maximum Gasteiger partial charge on any atom is 0.433 e. The van der Waals surface area contributed by atoms with Crippen LogP contribution in [0.15, 0.2) is 64.0 Å². The Hall–Kier alpha value is -3.94. The third kappa shape index (κ3) is 3.60. The van der Waals surface area contributed by atoms with Gasteiger partial charge >= 0.3 is 5.88 Å². The highest BCUT2D eigenvalue weighted by Gasteiger charge is 2.12. The van der Waals surface area contributed by atoms with Gasteiger partial charge in [0.1, 0.15) is 10.7 Å². The van der Waals surface area contributed by atoms with E-state index in [0.717, 1.165) is 28.1 Å². The number of aromatic nitrogens is 2. The van der Waals surface area contributed by atoms with Gasteiger partial charge in [-0.15, -0.1) is 0 Å². The Morgan fingerprint density at radius 2 is 1.90 bits per heavy atom. The van der Waals surface area contributed by atoms with Crippen molar-refractivity contribution in [3.63, 3.8) is 0 Å². The standard InChI is InChI=1S/C21H19N5O3/c1-24(2)16-7-4-14(5-8-16)21-23-18-12-15(6-10-19(18)25(21)3)22-13-17-9-11-20(29-17)26(27)28/h4-13H,1-3H3. The van der Waals surface area contributed by atoms with E-state index in [1.807, 2.05) is 43.9 Å². The second-order valence-electron chi connectivity index (χ2n) is 6.80. The number of aryl methyl sites for hydroxylation is 1. The van der Waals surface area contributed by atoms with Gasteiger partial charge in [0, 0.05) is 32.4 Å². The SMILES string of the molecule is CN(C)c1ccc(-c2nc3cc(N=Cc4ccc([N+](=O)[O-])o4)ccc3n2C)cc1. The highest BCUT2D eigenvalue weighted by atomic mass is 16.6. The molecule has 29 heavy (non-hydrogen) atoms. The second-order valence-corrected chi connectivity index (χ2v) is 6.80. The molecule has 2 aromatic carbocycles. The van der Waals surface area contributed by atoms with Gasteiger partial charge in [-0.3, -0.25) is 15.1 Å². The molecule has 4 aromatic rings. The van der Waals surface area contributed by atoms with E-state index < -0.39 is 4.92 Å². The maximum absolute atomic E-state index is 10.7. The lowest BCUT2D eigenvalue weighted by Gasteiger charge is -2.12. The zero-order chi connectivity index (χ0) is 20.5. The molecule has 0 amide bonds. The lowest BCUT2D eigenvalue weighted by atomic mass is 10.2. The van der Waals surface area contributed by atoms with E-state index in [-0.39, 0.29) is 5.88 Å². The van der Waals surface area contributed by atoms with E-state index in [1.54, 1.807) is 0 Å². The van der Waals surface area contributed by atoms with Crippen LogP contribution >= 0.6 is 0 Å². The monoisotopic (exact) mass is 389 g/mol. The third-order valence-corrected chi connectivity index (χ3v) is 4.64. The van der Waals surface area contributed by atoms with Crippen molar-refractivity contribution < 1.29 is 9.34 Å². The summed E-state index contributed by atoms with van der Waals surface area (Å²) in [4.78, 5) is 21.3. The van der Waals surface area contributed by atoms with Crippen molar-refractivity contribution >= 4 is 34.5 Å². The van der Waals surface area contributed by atoms with Crippen molar-refractivity contribution in [3.05, 3.63) is 70.5 Å². The number of nitro groups is 1. The average molecular weight is 389 g/mol. The predicted octanol–water partition coefficient (Wildman–Crippen LogP) is 4.56. The molecule has 0 unspecified atom stereocenters. The molecule has 2 heterocycles. The Kier molecular flexibility index (Phi) is 4.59. The summed E-state index contributed by atoms with van der Waals surface area (Å²) in [6, 6.07) is 16.8. The van der Waals surface area contributed by atoms with Crippen molar-refractivity contribution in [2.24, 2.45) is 12.0 Å². The zero-order valence-electron chi connectivity index (χ0n) is 16.2. The first-order valence-corrected chi connectivity index (χ1v) is 8.95. The number of benzene rings is 2. The number of nitrogens with zero attached hydrogens (tertiary/aromatic N) is 5. The summed E-state index contributed by atoms with van der Waals surface area (Å²) < 4.78 is 7.14. The molecule has 0 atom stereocenters. The molecule has 8 heteroatoms. The molecule has 0 spiro atoms. The largest absolute Gasteiger partial charge is 0.433 e. The molecule has 8 nitrogen and oxygen atoms in total. The molecule has 0 aliphatic rings. The number of fused-ring (bicyclic) bond motifs is 1. The molecule has 4 rings (SSSR count). The number of aliphatic imine (C=N–C) groups is 1. The first kappa shape index (κ1) is 18.4. The Morgan fingerprint density at radius 3 is 2.55 bits per heavy atom. The molecule has 2 aromatic heterocycles. The quantitative estimate of drug-likeness (QED) is 0.284. The summed E-state index contributed by atoms with van der Waals surface area (Å²) in [6.07, 6.45) is 1.46. The molecule has 0 bridgehead atoms. The minimum absolute atomic E-state index is 0.309. The van der Waals surface area contributed by atoms with Gasteiger partial charge in [-0.2, -0.15) is 0 Å². The van der Waals surface area contributed by atoms with Gasteiger partial charge in [-0.25, -0.2) is 4.98 Å². The van der Waals surface area contributed by atoms with Gasteiger partial charge in [-0.1, -0.05) is 0 Å². The van der Waals surface area contributed by atoms with Crippen LogP contribution in [0.5, 0.6) is 0 Å². The van der Waals surface area contributed by atoms with Gasteiger partial charge in [-0.05, 0) is 48.5 Å². The van der Waals surface area contributed by atoms with Crippen LogP contribution in [0.2, 0.25) is 0 Å². The van der Waals surface area contributed by atoms with Gasteiger partial charge in [0.2, 0.25) is 0 Å². The predicted molar refractivity (Wildman–Crippen MR) is 113 cm³/mol. The van der Waals surface area contributed by atoms with E-state index in [0.29, 0.717) is 11.4 Å². The third-order valence-electron chi connectivity index (χ3n) is 4.64. The lowest BCUT2D eigenvalue weighted by molar-refractivity contribution is -0.402. The number of anilines is 1. The Bertz CT molecular complexity index is 1220. The lowest BCUT2D eigenvalue weighted by Crippen LogP contribution is -2.08. The molecule has 146 valence electrons. The van der Waals surface area contributed by atoms with Crippen molar-refractivity contribution in [1.82, 2.24) is 9.55 Å². The van der Waals surface area contributed by atoms with Crippen LogP contribution in [-0.4, -0.2) is 34.8 Å². The topological polar surface area (TPSA) is 89.7 Å². The summed E-state index contributed by atoms with van der Waals surface area (Å²) in [5, 5.41) is 10.7. The molecule has 0 aliphatic carbocycles. The summed E-state index contributed by atoms with van der Waals surface area (Å²) in [5.41, 5.74) is 4.65. The zero-order valence-corrected chi connectivity index (χ0v) is 16.2. The molecule has 0 fully saturated rings. The minimum atomic E-state index is -0.579. The normalized spacial score (nSPS) is 11.4. The molecule has 0 radical (unpaired) electrons. The van der Waals surface area contributed by atoms with Crippen LogP contribution in [-0.2, 0) is 7.05 Å². The first-order valence-electron chi connectivity index (χ1n) is 8.95. The summed E-state index contributed by atoms with van der Waals surface area (Å²) in [6.45, 7) is 0. The fourth-order valence-corrected chi connectivity index (χ4v) is 3.08. The fraction of sp³-hybridized carbons (Fsp3) is 0.143. The van der Waals surface area contributed by atoms with Crippen molar-refractivity contribution in [2.45, 2.75) is 0 Å². The number of hydrogen-bond acceptors (Lipinski definition) is 6. The van der Waals surface area contributed by atoms with Crippen LogP contribution in [0.25, 0.3) is 22.4 Å². The van der Waals surface area contributed by atoms with Crippen LogP contribution in [0.3, 0.4) is 0 Å². The van der Waals surface area contributed by atoms with E-state index in [2.05, 4.69) is 34.2 Å². The molecule has 0 aliphatic heterocycles. The summed E-state index contributed by atoms with van der Waals surface area (Å²) >= 11 is 0. The Morgan fingerprint density at radius 1 is 1.14 bits per heavy atom. The van der Waals surface area contributed by atoms with E-state index in [1.165, 1.54) is 18.3 Å². The smallest absolute Gasteiger partial charge is 0.400 e. The first-order chi connectivity index (χ1) is 13.9. The number of imidazole rings is 1. The van der Waals surface area contributed by atoms with Gasteiger partial charge in [0.25, 0.3) is 0 Å². The van der Waals surface area contributed by atoms with Gasteiger partial charge in [0.15, 0.2) is 5.76 Å². The highest BCUT2D eigenvalue weighted by molar-refractivity contribution is 5.85. The van der Waals surface area contributed by atoms with Crippen LogP contribution < -0.4 is 4.90 Å². The van der Waals surface area contributed by atoms with Crippen molar-refractivity contribution in [3.8, 4) is 11.4 Å². The van der Waals surface area contributed by atoms with Crippen molar-refractivity contribution in [2.75, 3.05) is 19.0 Å². The molecule has 0 N–H and O–H groups in total. The Labute approximate surface area is 166 Å². The van der Waals surface area contributed by atoms with E-state index >= 15 is 0 Å². The van der Waals surface area contributed by atoms with Crippen LogP contribution in [0.1, 0.15) is 5.76 Å².